The van der Waals surface area contributed by atoms with Gasteiger partial charge in [0, 0.05) is 16.0 Å². The average molecular weight is 311 g/mol. The number of hydrogen-bond acceptors (Lipinski definition) is 4. The van der Waals surface area contributed by atoms with Gasteiger partial charge in [0.25, 0.3) is 0 Å². The molecule has 1 atom stereocenters. The van der Waals surface area contributed by atoms with Gasteiger partial charge in [0.1, 0.15) is 5.82 Å². The van der Waals surface area contributed by atoms with Gasteiger partial charge >= 0.3 is 5.97 Å². The molecule has 0 fully saturated rings. The highest BCUT2D eigenvalue weighted by atomic mass is 35.5. The Balaban J connectivity index is 2.24. The number of aromatic nitrogens is 1. The van der Waals surface area contributed by atoms with E-state index >= 15 is 0 Å². The van der Waals surface area contributed by atoms with Gasteiger partial charge in [-0.1, -0.05) is 11.6 Å². The lowest BCUT2D eigenvalue weighted by molar-refractivity contribution is 0.0697. The summed E-state index contributed by atoms with van der Waals surface area (Å²) in [7, 11) is 0. The molecule has 0 radical (unpaired) electrons. The molecule has 0 aliphatic heterocycles. The van der Waals surface area contributed by atoms with Crippen LogP contribution >= 0.6 is 22.9 Å². The third-order valence-corrected chi connectivity index (χ3v) is 4.28. The molecule has 0 amide bonds. The Labute approximate surface area is 126 Å². The normalized spacial score (nSPS) is 12.2. The molecule has 0 aliphatic carbocycles. The predicted octanol–water partition coefficient (Wildman–Crippen LogP) is 4.28. The van der Waals surface area contributed by atoms with Crippen LogP contribution in [-0.4, -0.2) is 16.1 Å². The van der Waals surface area contributed by atoms with Crippen LogP contribution in [0.4, 0.5) is 5.82 Å². The lowest BCUT2D eigenvalue weighted by Crippen LogP contribution is -2.09. The topological polar surface area (TPSA) is 62.2 Å². The molecule has 0 bridgehead atoms. The molecular formula is C14H15ClN2O2S. The Hall–Kier alpha value is -1.59. The van der Waals surface area contributed by atoms with Crippen molar-refractivity contribution in [2.24, 2.45) is 0 Å². The second-order valence-electron chi connectivity index (χ2n) is 4.59. The summed E-state index contributed by atoms with van der Waals surface area (Å²) in [5.74, 6) is -0.557. The molecule has 0 aromatic carbocycles. The molecule has 0 saturated carbocycles. The number of aryl methyl sites for hydroxylation is 2. The standard InChI is InChI=1S/C14H15ClN2O2S/c1-7-4-10(9(3)20-7)8(2)17-13-5-11(14(18)19)12(15)6-16-13/h4-6,8H,1-3H3,(H,16,17)(H,18,19). The number of carbonyl (C=O) groups is 1. The number of rotatable bonds is 4. The number of hydrogen-bond donors (Lipinski definition) is 2. The van der Waals surface area contributed by atoms with E-state index in [2.05, 4.69) is 30.2 Å². The van der Waals surface area contributed by atoms with Gasteiger partial charge < -0.3 is 10.4 Å². The molecule has 1 unspecified atom stereocenters. The Morgan fingerprint density at radius 1 is 1.45 bits per heavy atom. The molecule has 4 nitrogen and oxygen atoms in total. The Kier molecular flexibility index (Phi) is 4.30. The largest absolute Gasteiger partial charge is 0.478 e. The minimum absolute atomic E-state index is 0.0505. The van der Waals surface area contributed by atoms with Gasteiger partial charge in [0.2, 0.25) is 0 Å². The number of carboxylic acid groups (broad SMARTS) is 1. The van der Waals surface area contributed by atoms with Crippen molar-refractivity contribution in [3.63, 3.8) is 0 Å². The number of pyridine rings is 1. The summed E-state index contributed by atoms with van der Waals surface area (Å²) in [6.45, 7) is 6.16. The Morgan fingerprint density at radius 2 is 2.15 bits per heavy atom. The zero-order chi connectivity index (χ0) is 14.9. The Bertz CT molecular complexity index is 655. The summed E-state index contributed by atoms with van der Waals surface area (Å²) in [6.07, 6.45) is 1.35. The molecule has 6 heteroatoms. The van der Waals surface area contributed by atoms with Gasteiger partial charge in [-0.15, -0.1) is 11.3 Å². The molecule has 20 heavy (non-hydrogen) atoms. The first-order valence-corrected chi connectivity index (χ1v) is 7.30. The summed E-state index contributed by atoms with van der Waals surface area (Å²) < 4.78 is 0. The number of nitrogens with one attached hydrogen (secondary N) is 1. The Morgan fingerprint density at radius 3 is 2.70 bits per heavy atom. The summed E-state index contributed by atoms with van der Waals surface area (Å²) in [5, 5.41) is 12.4. The van der Waals surface area contributed by atoms with E-state index in [9.17, 15) is 4.79 Å². The third kappa shape index (κ3) is 3.11. The van der Waals surface area contributed by atoms with Gasteiger partial charge in [-0.25, -0.2) is 9.78 Å². The van der Waals surface area contributed by atoms with Crippen LogP contribution in [0.3, 0.4) is 0 Å². The van der Waals surface area contributed by atoms with Crippen molar-refractivity contribution in [3.05, 3.63) is 44.2 Å². The smallest absolute Gasteiger partial charge is 0.337 e. The monoisotopic (exact) mass is 310 g/mol. The summed E-state index contributed by atoms with van der Waals surface area (Å²) >= 11 is 7.55. The lowest BCUT2D eigenvalue weighted by Gasteiger charge is -2.15. The number of nitrogens with zero attached hydrogens (tertiary/aromatic N) is 1. The summed E-state index contributed by atoms with van der Waals surface area (Å²) in [6, 6.07) is 3.64. The zero-order valence-electron chi connectivity index (χ0n) is 11.4. The van der Waals surface area contributed by atoms with E-state index in [-0.39, 0.29) is 16.6 Å². The molecule has 2 aromatic rings. The third-order valence-electron chi connectivity index (χ3n) is 3.00. The van der Waals surface area contributed by atoms with Crippen molar-refractivity contribution in [3.8, 4) is 0 Å². The highest BCUT2D eigenvalue weighted by molar-refractivity contribution is 7.12. The lowest BCUT2D eigenvalue weighted by atomic mass is 10.1. The van der Waals surface area contributed by atoms with Gasteiger partial charge in [-0.3, -0.25) is 0 Å². The highest BCUT2D eigenvalue weighted by Gasteiger charge is 2.14. The molecule has 2 rings (SSSR count). The van der Waals surface area contributed by atoms with Crippen LogP contribution in [0.5, 0.6) is 0 Å². The molecule has 106 valence electrons. The molecular weight excluding hydrogens is 296 g/mol. The van der Waals surface area contributed by atoms with Gasteiger partial charge in [-0.05, 0) is 38.5 Å². The van der Waals surface area contributed by atoms with E-state index in [1.807, 2.05) is 6.92 Å². The van der Waals surface area contributed by atoms with Crippen LogP contribution in [-0.2, 0) is 0 Å². The van der Waals surface area contributed by atoms with Crippen molar-refractivity contribution in [2.45, 2.75) is 26.8 Å². The van der Waals surface area contributed by atoms with Crippen LogP contribution in [0.1, 0.15) is 38.6 Å². The minimum atomic E-state index is -1.06. The molecule has 2 N–H and O–H groups in total. The molecule has 0 spiro atoms. The van der Waals surface area contributed by atoms with Crippen molar-refractivity contribution >= 4 is 34.7 Å². The maximum absolute atomic E-state index is 11.0. The molecule has 0 aliphatic rings. The van der Waals surface area contributed by atoms with Crippen LogP contribution < -0.4 is 5.32 Å². The number of carboxylic acids is 1. The SMILES string of the molecule is Cc1cc(C(C)Nc2cc(C(=O)O)c(Cl)cn2)c(C)s1. The van der Waals surface area contributed by atoms with E-state index in [0.717, 1.165) is 0 Å². The van der Waals surface area contributed by atoms with E-state index in [1.54, 1.807) is 11.3 Å². The summed E-state index contributed by atoms with van der Waals surface area (Å²) in [4.78, 5) is 17.7. The highest BCUT2D eigenvalue weighted by Crippen LogP contribution is 2.28. The fourth-order valence-corrected chi connectivity index (χ4v) is 3.27. The first-order chi connectivity index (χ1) is 9.38. The second kappa shape index (κ2) is 5.81. The van der Waals surface area contributed by atoms with Gasteiger partial charge in [-0.2, -0.15) is 0 Å². The maximum atomic E-state index is 11.0. The average Bonchev–Trinajstić information content (AvgIpc) is 2.70. The molecule has 0 saturated heterocycles. The van der Waals surface area contributed by atoms with E-state index in [1.165, 1.54) is 27.6 Å². The maximum Gasteiger partial charge on any atom is 0.337 e. The molecule has 2 heterocycles. The van der Waals surface area contributed by atoms with Gasteiger partial charge in [0.15, 0.2) is 0 Å². The number of aromatic carboxylic acids is 1. The van der Waals surface area contributed by atoms with E-state index < -0.39 is 5.97 Å². The fourth-order valence-electron chi connectivity index (χ4n) is 2.06. The first-order valence-electron chi connectivity index (χ1n) is 6.10. The predicted molar refractivity (Wildman–Crippen MR) is 82.0 cm³/mol. The van der Waals surface area contributed by atoms with E-state index in [0.29, 0.717) is 5.82 Å². The van der Waals surface area contributed by atoms with Crippen molar-refractivity contribution < 1.29 is 9.90 Å². The van der Waals surface area contributed by atoms with Crippen molar-refractivity contribution in [2.75, 3.05) is 5.32 Å². The quantitative estimate of drug-likeness (QED) is 0.884. The van der Waals surface area contributed by atoms with Crippen molar-refractivity contribution in [1.82, 2.24) is 4.98 Å². The van der Waals surface area contributed by atoms with Crippen LogP contribution in [0.15, 0.2) is 18.3 Å². The first kappa shape index (κ1) is 14.8. The van der Waals surface area contributed by atoms with Crippen LogP contribution in [0, 0.1) is 13.8 Å². The fraction of sp³-hybridized carbons (Fsp3) is 0.286. The number of halogens is 1. The van der Waals surface area contributed by atoms with Crippen LogP contribution in [0.25, 0.3) is 0 Å². The van der Waals surface area contributed by atoms with Crippen LogP contribution in [0.2, 0.25) is 5.02 Å². The van der Waals surface area contributed by atoms with E-state index in [4.69, 9.17) is 16.7 Å². The summed E-state index contributed by atoms with van der Waals surface area (Å²) in [5.41, 5.74) is 1.25. The molecule has 2 aromatic heterocycles. The number of anilines is 1. The minimum Gasteiger partial charge on any atom is -0.478 e. The number of thiophene rings is 1. The van der Waals surface area contributed by atoms with Crippen molar-refractivity contribution in [1.29, 1.82) is 0 Å². The van der Waals surface area contributed by atoms with Gasteiger partial charge in [0.05, 0.1) is 16.6 Å². The zero-order valence-corrected chi connectivity index (χ0v) is 13.0. The second-order valence-corrected chi connectivity index (χ2v) is 6.46.